The number of aromatic amines is 1. The van der Waals surface area contributed by atoms with Crippen molar-refractivity contribution in [2.75, 3.05) is 14.2 Å². The van der Waals surface area contributed by atoms with Gasteiger partial charge >= 0.3 is 0 Å². The number of aromatic nitrogens is 2. The molecule has 6 heteroatoms. The van der Waals surface area contributed by atoms with Gasteiger partial charge in [0.2, 0.25) is 0 Å². The molecule has 3 rings (SSSR count). The molecule has 0 bridgehead atoms. The van der Waals surface area contributed by atoms with Crippen LogP contribution in [0.2, 0.25) is 0 Å². The Hall–Kier alpha value is -3.28. The smallest absolute Gasteiger partial charge is 0.280 e. The first-order valence-corrected chi connectivity index (χ1v) is 8.20. The number of methoxy groups -OCH3 is 2. The predicted molar refractivity (Wildman–Crippen MR) is 103 cm³/mol. The third kappa shape index (κ3) is 3.13. The second kappa shape index (κ2) is 7.31. The second-order valence-electron chi connectivity index (χ2n) is 5.80. The number of H-pyrrole nitrogens is 1. The molecule has 1 N–H and O–H groups in total. The van der Waals surface area contributed by atoms with Gasteiger partial charge < -0.3 is 9.47 Å². The van der Waals surface area contributed by atoms with Gasteiger partial charge in [0.15, 0.2) is 11.5 Å². The molecule has 0 aliphatic rings. The van der Waals surface area contributed by atoms with Crippen molar-refractivity contribution in [3.8, 4) is 17.2 Å². The summed E-state index contributed by atoms with van der Waals surface area (Å²) in [5, 5.41) is 3.11. The molecule has 0 amide bonds. The van der Waals surface area contributed by atoms with Crippen molar-refractivity contribution < 1.29 is 9.47 Å². The van der Waals surface area contributed by atoms with Crippen LogP contribution in [-0.4, -0.2) is 29.7 Å². The fourth-order valence-corrected chi connectivity index (χ4v) is 2.93. The van der Waals surface area contributed by atoms with Crippen molar-refractivity contribution in [3.63, 3.8) is 0 Å². The number of nitrogens with zero attached hydrogens (tertiary/aromatic N) is 2. The van der Waals surface area contributed by atoms with Crippen LogP contribution < -0.4 is 15.0 Å². The molecular weight excluding hydrogens is 330 g/mol. The summed E-state index contributed by atoms with van der Waals surface area (Å²) in [7, 11) is 3.14. The second-order valence-corrected chi connectivity index (χ2v) is 5.80. The molecular formula is C20H21N3O3. The van der Waals surface area contributed by atoms with Crippen LogP contribution in [0.25, 0.3) is 5.69 Å². The van der Waals surface area contributed by atoms with Crippen molar-refractivity contribution >= 4 is 11.4 Å². The van der Waals surface area contributed by atoms with E-state index in [9.17, 15) is 4.79 Å². The van der Waals surface area contributed by atoms with E-state index >= 15 is 0 Å². The Bertz CT molecular complexity index is 1000. The number of ether oxygens (including phenoxy) is 2. The summed E-state index contributed by atoms with van der Waals surface area (Å²) in [4.78, 5) is 17.5. The number of para-hydroxylation sites is 2. The Morgan fingerprint density at radius 2 is 1.77 bits per heavy atom. The van der Waals surface area contributed by atoms with Crippen LogP contribution >= 0.6 is 0 Å². The molecule has 26 heavy (non-hydrogen) atoms. The summed E-state index contributed by atoms with van der Waals surface area (Å²) in [5.41, 5.74) is 3.14. The molecule has 0 spiro atoms. The number of hydrogen-bond donors (Lipinski definition) is 1. The van der Waals surface area contributed by atoms with Gasteiger partial charge in [0.1, 0.15) is 5.69 Å². The van der Waals surface area contributed by atoms with Crippen LogP contribution in [0, 0.1) is 6.92 Å². The number of rotatable bonds is 5. The lowest BCUT2D eigenvalue weighted by molar-refractivity contribution is 0.356. The normalized spacial score (nSPS) is 11.5. The zero-order valence-corrected chi connectivity index (χ0v) is 15.2. The largest absolute Gasteiger partial charge is 0.493 e. The fraction of sp³-hybridized carbons (Fsp3) is 0.200. The molecule has 3 aromatic rings. The van der Waals surface area contributed by atoms with E-state index in [0.717, 1.165) is 11.4 Å². The quantitative estimate of drug-likeness (QED) is 0.714. The standard InChI is InChI=1S/C20H21N3O3/c1-13(21-16-11-8-12-17(25-3)19(16)26-4)18-14(2)22-23(20(18)24)15-9-6-5-7-10-15/h5-12,22H,1-4H3. The van der Waals surface area contributed by atoms with Crippen molar-refractivity contribution in [2.24, 2.45) is 4.99 Å². The lowest BCUT2D eigenvalue weighted by atomic mass is 10.1. The molecule has 2 aromatic carbocycles. The summed E-state index contributed by atoms with van der Waals surface area (Å²) in [6.45, 7) is 3.67. The van der Waals surface area contributed by atoms with E-state index in [1.54, 1.807) is 20.3 Å². The van der Waals surface area contributed by atoms with Gasteiger partial charge in [0.25, 0.3) is 5.56 Å². The summed E-state index contributed by atoms with van der Waals surface area (Å²) in [6.07, 6.45) is 0. The zero-order valence-electron chi connectivity index (χ0n) is 15.2. The molecule has 0 unspecified atom stereocenters. The van der Waals surface area contributed by atoms with Crippen molar-refractivity contribution in [1.82, 2.24) is 9.78 Å². The van der Waals surface area contributed by atoms with Crippen LogP contribution in [0.5, 0.6) is 11.5 Å². The SMILES string of the molecule is COc1cccc(N=C(C)c2c(C)[nH]n(-c3ccccc3)c2=O)c1OC. The molecule has 6 nitrogen and oxygen atoms in total. The Balaban J connectivity index is 2.10. The highest BCUT2D eigenvalue weighted by Crippen LogP contribution is 2.37. The van der Waals surface area contributed by atoms with Gasteiger partial charge in [0, 0.05) is 5.69 Å². The monoisotopic (exact) mass is 351 g/mol. The Kier molecular flexibility index (Phi) is 4.93. The van der Waals surface area contributed by atoms with Gasteiger partial charge in [-0.3, -0.25) is 9.89 Å². The van der Waals surface area contributed by atoms with E-state index in [2.05, 4.69) is 10.1 Å². The third-order valence-corrected chi connectivity index (χ3v) is 4.12. The molecule has 0 aliphatic carbocycles. The minimum Gasteiger partial charge on any atom is -0.493 e. The molecule has 0 aliphatic heterocycles. The number of aryl methyl sites for hydroxylation is 1. The molecule has 0 fully saturated rings. The van der Waals surface area contributed by atoms with Gasteiger partial charge in [-0.15, -0.1) is 0 Å². The van der Waals surface area contributed by atoms with Crippen molar-refractivity contribution in [1.29, 1.82) is 0 Å². The Morgan fingerprint density at radius 1 is 1.04 bits per heavy atom. The van der Waals surface area contributed by atoms with Crippen LogP contribution in [0.1, 0.15) is 18.2 Å². The van der Waals surface area contributed by atoms with E-state index in [-0.39, 0.29) is 5.56 Å². The lowest BCUT2D eigenvalue weighted by Crippen LogP contribution is -2.19. The van der Waals surface area contributed by atoms with Crippen molar-refractivity contribution in [3.05, 3.63) is 70.1 Å². The highest BCUT2D eigenvalue weighted by atomic mass is 16.5. The first kappa shape index (κ1) is 17.5. The molecule has 0 saturated carbocycles. The van der Waals surface area contributed by atoms with Gasteiger partial charge in [-0.05, 0) is 38.1 Å². The van der Waals surface area contributed by atoms with Gasteiger partial charge in [-0.25, -0.2) is 9.67 Å². The van der Waals surface area contributed by atoms with Crippen molar-refractivity contribution in [2.45, 2.75) is 13.8 Å². The first-order valence-electron chi connectivity index (χ1n) is 8.20. The summed E-state index contributed by atoms with van der Waals surface area (Å²) in [5.74, 6) is 1.12. The first-order chi connectivity index (χ1) is 12.6. The molecule has 0 atom stereocenters. The third-order valence-electron chi connectivity index (χ3n) is 4.12. The minimum atomic E-state index is -0.142. The molecule has 134 valence electrons. The number of aliphatic imine (C=N–C) groups is 1. The maximum atomic E-state index is 12.9. The molecule has 0 saturated heterocycles. The van der Waals surface area contributed by atoms with Gasteiger partial charge in [-0.2, -0.15) is 0 Å². The van der Waals surface area contributed by atoms with E-state index in [1.807, 2.05) is 56.3 Å². The molecule has 1 aromatic heterocycles. The average Bonchev–Trinajstić information content (AvgIpc) is 2.96. The van der Waals surface area contributed by atoms with Crippen LogP contribution in [0.15, 0.2) is 58.3 Å². The highest BCUT2D eigenvalue weighted by molar-refractivity contribution is 6.01. The fourth-order valence-electron chi connectivity index (χ4n) is 2.93. The number of benzene rings is 2. The minimum absolute atomic E-state index is 0.142. The van der Waals surface area contributed by atoms with E-state index in [0.29, 0.717) is 28.5 Å². The highest BCUT2D eigenvalue weighted by Gasteiger charge is 2.16. The molecule has 1 heterocycles. The topological polar surface area (TPSA) is 68.6 Å². The van der Waals surface area contributed by atoms with E-state index < -0.39 is 0 Å². The number of hydrogen-bond acceptors (Lipinski definition) is 4. The summed E-state index contributed by atoms with van der Waals surface area (Å²) >= 11 is 0. The van der Waals surface area contributed by atoms with E-state index in [4.69, 9.17) is 9.47 Å². The van der Waals surface area contributed by atoms with E-state index in [1.165, 1.54) is 4.68 Å². The van der Waals surface area contributed by atoms with Gasteiger partial charge in [0.05, 0.1) is 31.2 Å². The van der Waals surface area contributed by atoms with Crippen LogP contribution in [0.4, 0.5) is 5.69 Å². The number of nitrogens with one attached hydrogen (secondary N) is 1. The predicted octanol–water partition coefficient (Wildman–Crippen LogP) is 3.63. The zero-order chi connectivity index (χ0) is 18.7. The average molecular weight is 351 g/mol. The summed E-state index contributed by atoms with van der Waals surface area (Å²) < 4.78 is 12.2. The Morgan fingerprint density at radius 3 is 2.42 bits per heavy atom. The molecule has 0 radical (unpaired) electrons. The summed E-state index contributed by atoms with van der Waals surface area (Å²) in [6, 6.07) is 14.9. The maximum absolute atomic E-state index is 12.9. The maximum Gasteiger partial charge on any atom is 0.280 e. The van der Waals surface area contributed by atoms with Crippen LogP contribution in [0.3, 0.4) is 0 Å². The van der Waals surface area contributed by atoms with Gasteiger partial charge in [-0.1, -0.05) is 24.3 Å². The lowest BCUT2D eigenvalue weighted by Gasteiger charge is -2.10. The van der Waals surface area contributed by atoms with Crippen LogP contribution in [-0.2, 0) is 0 Å². The Labute approximate surface area is 151 Å².